The number of hydrogen-bond acceptors (Lipinski definition) is 6. The first-order chi connectivity index (χ1) is 10.4. The molecule has 1 aromatic carbocycles. The van der Waals surface area contributed by atoms with Crippen LogP contribution in [0.5, 0.6) is 0 Å². The van der Waals surface area contributed by atoms with Crippen molar-refractivity contribution in [3.63, 3.8) is 0 Å². The number of nitrogens with two attached hydrogens (primary N) is 1. The molecule has 0 spiro atoms. The lowest BCUT2D eigenvalue weighted by molar-refractivity contribution is -0.140. The van der Waals surface area contributed by atoms with Gasteiger partial charge in [0.15, 0.2) is 0 Å². The van der Waals surface area contributed by atoms with Crippen LogP contribution in [0.1, 0.15) is 11.1 Å². The van der Waals surface area contributed by atoms with Crippen molar-refractivity contribution in [1.29, 1.82) is 0 Å². The Balaban J connectivity index is 2.57. The second-order valence-electron chi connectivity index (χ2n) is 4.41. The largest absolute Gasteiger partial charge is 0.459 e. The number of ether oxygens (including phenoxy) is 2. The minimum Gasteiger partial charge on any atom is -0.459 e. The first-order valence-corrected chi connectivity index (χ1v) is 6.38. The van der Waals surface area contributed by atoms with E-state index in [2.05, 4.69) is 16.3 Å². The zero-order chi connectivity index (χ0) is 16.5. The Morgan fingerprint density at radius 3 is 2.64 bits per heavy atom. The molecule has 2 N–H and O–H groups in total. The van der Waals surface area contributed by atoms with Crippen molar-refractivity contribution >= 4 is 23.8 Å². The highest BCUT2D eigenvalue weighted by Gasteiger charge is 2.10. The molecule has 0 aliphatic heterocycles. The van der Waals surface area contributed by atoms with Crippen LogP contribution in [0.25, 0.3) is 0 Å². The number of rotatable bonds is 7. The van der Waals surface area contributed by atoms with Crippen molar-refractivity contribution in [3.8, 4) is 0 Å². The number of aryl methyl sites for hydroxylation is 1. The van der Waals surface area contributed by atoms with E-state index < -0.39 is 12.1 Å². The van der Waals surface area contributed by atoms with E-state index in [9.17, 15) is 14.4 Å². The number of primary amides is 1. The Morgan fingerprint density at radius 1 is 1.32 bits per heavy atom. The molecule has 1 rings (SSSR count). The number of benzene rings is 1. The molecule has 0 unspecified atom stereocenters. The zero-order valence-electron chi connectivity index (χ0n) is 12.1. The predicted molar refractivity (Wildman–Crippen MR) is 78.3 cm³/mol. The molecule has 0 aromatic heterocycles. The van der Waals surface area contributed by atoms with Crippen LogP contribution >= 0.6 is 0 Å². The topological polar surface area (TPSA) is 108 Å². The van der Waals surface area contributed by atoms with E-state index in [1.54, 1.807) is 18.2 Å². The van der Waals surface area contributed by atoms with E-state index in [1.807, 2.05) is 6.92 Å². The van der Waals surface area contributed by atoms with Gasteiger partial charge >= 0.3 is 12.1 Å². The summed E-state index contributed by atoms with van der Waals surface area (Å²) in [6.07, 6.45) is 0.795. The average molecular weight is 304 g/mol. The minimum atomic E-state index is -0.933. The molecule has 0 radical (unpaired) electrons. The van der Waals surface area contributed by atoms with Crippen molar-refractivity contribution in [3.05, 3.63) is 41.5 Å². The zero-order valence-corrected chi connectivity index (χ0v) is 12.1. The SMILES string of the molecule is C=C(Cc1ccc(C)c(N=C=O)c1)C(=O)OCCOC(N)=O. The van der Waals surface area contributed by atoms with Gasteiger partial charge in [0, 0.05) is 12.0 Å². The van der Waals surface area contributed by atoms with Gasteiger partial charge in [0.25, 0.3) is 0 Å². The van der Waals surface area contributed by atoms with Gasteiger partial charge in [0.1, 0.15) is 13.2 Å². The summed E-state index contributed by atoms with van der Waals surface area (Å²) in [5, 5.41) is 0. The summed E-state index contributed by atoms with van der Waals surface area (Å²) in [6.45, 7) is 5.24. The first kappa shape index (κ1) is 17.1. The molecule has 0 saturated carbocycles. The van der Waals surface area contributed by atoms with Crippen molar-refractivity contribution in [2.75, 3.05) is 13.2 Å². The lowest BCUT2D eigenvalue weighted by atomic mass is 10.0. The summed E-state index contributed by atoms with van der Waals surface area (Å²) < 4.78 is 9.30. The number of nitrogens with zero attached hydrogens (tertiary/aromatic N) is 1. The van der Waals surface area contributed by atoms with Gasteiger partial charge in [-0.15, -0.1) is 0 Å². The molecule has 116 valence electrons. The highest BCUT2D eigenvalue weighted by Crippen LogP contribution is 2.21. The number of carbonyl (C=O) groups is 2. The highest BCUT2D eigenvalue weighted by molar-refractivity contribution is 5.88. The molecule has 0 atom stereocenters. The third-order valence-corrected chi connectivity index (χ3v) is 2.71. The summed E-state index contributed by atoms with van der Waals surface area (Å²) in [6, 6.07) is 5.26. The van der Waals surface area contributed by atoms with Crippen molar-refractivity contribution in [2.24, 2.45) is 10.7 Å². The maximum Gasteiger partial charge on any atom is 0.404 e. The van der Waals surface area contributed by atoms with Crippen LogP contribution in [-0.4, -0.2) is 31.4 Å². The number of hydrogen-bond donors (Lipinski definition) is 1. The second-order valence-corrected chi connectivity index (χ2v) is 4.41. The smallest absolute Gasteiger partial charge is 0.404 e. The standard InChI is InChI=1S/C15H16N2O5/c1-10-3-4-12(8-13(10)17-9-18)7-11(2)14(19)21-5-6-22-15(16)20/h3-4,8H,2,5-7H2,1H3,(H2,16,20). The van der Waals surface area contributed by atoms with Gasteiger partial charge in [0.05, 0.1) is 5.69 Å². The van der Waals surface area contributed by atoms with E-state index >= 15 is 0 Å². The maximum atomic E-state index is 11.7. The fourth-order valence-corrected chi connectivity index (χ4v) is 1.63. The van der Waals surface area contributed by atoms with E-state index in [0.717, 1.165) is 11.1 Å². The van der Waals surface area contributed by atoms with E-state index in [1.165, 1.54) is 6.08 Å². The molecular formula is C15H16N2O5. The third-order valence-electron chi connectivity index (χ3n) is 2.71. The number of esters is 1. The molecular weight excluding hydrogens is 288 g/mol. The molecule has 0 heterocycles. The fourth-order valence-electron chi connectivity index (χ4n) is 1.63. The monoisotopic (exact) mass is 304 g/mol. The van der Waals surface area contributed by atoms with Gasteiger partial charge in [0.2, 0.25) is 6.08 Å². The second kappa shape index (κ2) is 8.39. The van der Waals surface area contributed by atoms with Gasteiger partial charge in [-0.3, -0.25) is 0 Å². The van der Waals surface area contributed by atoms with Crippen LogP contribution in [0.4, 0.5) is 10.5 Å². The molecule has 22 heavy (non-hydrogen) atoms. The van der Waals surface area contributed by atoms with Gasteiger partial charge in [-0.1, -0.05) is 18.7 Å². The lowest BCUT2D eigenvalue weighted by Gasteiger charge is -2.08. The van der Waals surface area contributed by atoms with Crippen LogP contribution in [0, 0.1) is 6.92 Å². The van der Waals surface area contributed by atoms with Gasteiger partial charge in [-0.05, 0) is 24.1 Å². The lowest BCUT2D eigenvalue weighted by Crippen LogP contribution is -2.18. The average Bonchev–Trinajstić information content (AvgIpc) is 2.46. The van der Waals surface area contributed by atoms with Crippen molar-refractivity contribution < 1.29 is 23.9 Å². The van der Waals surface area contributed by atoms with E-state index in [-0.39, 0.29) is 25.2 Å². The minimum absolute atomic E-state index is 0.102. The normalized spacial score (nSPS) is 9.50. The maximum absolute atomic E-state index is 11.7. The first-order valence-electron chi connectivity index (χ1n) is 6.38. The molecule has 0 aliphatic carbocycles. The van der Waals surface area contributed by atoms with Crippen LogP contribution in [0.2, 0.25) is 0 Å². The molecule has 0 saturated heterocycles. The molecule has 1 amide bonds. The Hall–Kier alpha value is -2.92. The summed E-state index contributed by atoms with van der Waals surface area (Å²) in [5.41, 5.74) is 7.06. The molecule has 0 aliphatic rings. The predicted octanol–water partition coefficient (Wildman–Crippen LogP) is 1.70. The highest BCUT2D eigenvalue weighted by atomic mass is 16.6. The van der Waals surface area contributed by atoms with Crippen LogP contribution in [0.3, 0.4) is 0 Å². The molecule has 1 aromatic rings. The molecule has 0 fully saturated rings. The number of carbonyl (C=O) groups excluding carboxylic acids is 3. The molecule has 7 nitrogen and oxygen atoms in total. The van der Waals surface area contributed by atoms with Crippen molar-refractivity contribution in [2.45, 2.75) is 13.3 Å². The Bertz CT molecular complexity index is 633. The number of isocyanates is 1. The Labute approximate surface area is 127 Å². The van der Waals surface area contributed by atoms with Gasteiger partial charge in [-0.2, -0.15) is 4.99 Å². The van der Waals surface area contributed by atoms with Crippen LogP contribution in [-0.2, 0) is 25.5 Å². The summed E-state index contributed by atoms with van der Waals surface area (Å²) in [7, 11) is 0. The van der Waals surface area contributed by atoms with Crippen molar-refractivity contribution in [1.82, 2.24) is 0 Å². The van der Waals surface area contributed by atoms with Crippen LogP contribution in [0.15, 0.2) is 35.3 Å². The Morgan fingerprint density at radius 2 is 2.00 bits per heavy atom. The quantitative estimate of drug-likeness (QED) is 0.271. The van der Waals surface area contributed by atoms with E-state index in [0.29, 0.717) is 5.69 Å². The van der Waals surface area contributed by atoms with E-state index in [4.69, 9.17) is 10.5 Å². The van der Waals surface area contributed by atoms with Gasteiger partial charge < -0.3 is 15.2 Å². The summed E-state index contributed by atoms with van der Waals surface area (Å²) in [5.74, 6) is -0.603. The molecule has 0 bridgehead atoms. The summed E-state index contributed by atoms with van der Waals surface area (Å²) >= 11 is 0. The number of amides is 1. The number of aliphatic imine (C=N–C) groups is 1. The van der Waals surface area contributed by atoms with Gasteiger partial charge in [-0.25, -0.2) is 14.4 Å². The fraction of sp³-hybridized carbons (Fsp3) is 0.267. The molecule has 7 heteroatoms. The summed E-state index contributed by atoms with van der Waals surface area (Å²) in [4.78, 5) is 35.9. The van der Waals surface area contributed by atoms with Crippen LogP contribution < -0.4 is 5.73 Å². The Kier molecular flexibility index (Phi) is 6.53. The third kappa shape index (κ3) is 5.60.